The highest BCUT2D eigenvalue weighted by atomic mass is 35.5. The van der Waals surface area contributed by atoms with Gasteiger partial charge < -0.3 is 59.7 Å². The summed E-state index contributed by atoms with van der Waals surface area (Å²) in [6.07, 6.45) is 5.04. The van der Waals surface area contributed by atoms with Gasteiger partial charge in [-0.25, -0.2) is 9.97 Å². The lowest BCUT2D eigenvalue weighted by Crippen LogP contribution is -2.48. The minimum atomic E-state index is -1.06. The number of hydrogen-bond acceptors (Lipinski definition) is 15. The number of carbonyl (C=O) groups excluding carboxylic acids is 3. The summed E-state index contributed by atoms with van der Waals surface area (Å²) in [5.41, 5.74) is 13.2. The Bertz CT molecular complexity index is 3420. The van der Waals surface area contributed by atoms with Crippen molar-refractivity contribution in [2.75, 3.05) is 113 Å². The van der Waals surface area contributed by atoms with E-state index in [1.165, 1.54) is 0 Å². The first-order chi connectivity index (χ1) is 43.0. The predicted molar refractivity (Wildman–Crippen MR) is 343 cm³/mol. The van der Waals surface area contributed by atoms with Gasteiger partial charge in [0.05, 0.1) is 96.1 Å². The van der Waals surface area contributed by atoms with Gasteiger partial charge in [-0.3, -0.25) is 24.1 Å². The van der Waals surface area contributed by atoms with Crippen LogP contribution in [0.15, 0.2) is 115 Å². The van der Waals surface area contributed by atoms with Crippen LogP contribution in [0.5, 0.6) is 5.75 Å². The molecule has 2 fully saturated rings. The number of amides is 3. The summed E-state index contributed by atoms with van der Waals surface area (Å²) in [4.78, 5) is 70.6. The number of aromatic nitrogens is 2. The van der Waals surface area contributed by atoms with Gasteiger partial charge in [-0.05, 0) is 127 Å². The average Bonchev–Trinajstić information content (AvgIpc) is 1.12. The van der Waals surface area contributed by atoms with E-state index in [1.807, 2.05) is 98.8 Å². The molecule has 1 aromatic heterocycles. The van der Waals surface area contributed by atoms with E-state index >= 15 is 0 Å². The number of anilines is 4. The van der Waals surface area contributed by atoms with Gasteiger partial charge in [-0.2, -0.15) is 0 Å². The van der Waals surface area contributed by atoms with Crippen molar-refractivity contribution in [3.63, 3.8) is 0 Å². The number of carboxylic acid groups (broad SMARTS) is 1. The maximum absolute atomic E-state index is 14.5. The lowest BCUT2D eigenvalue weighted by Gasteiger charge is -2.41. The number of nitrogens with zero attached hydrogens (tertiary/aromatic N) is 5. The van der Waals surface area contributed by atoms with Crippen molar-refractivity contribution < 1.29 is 52.7 Å². The molecular formula is C69H83ClN8O11. The Morgan fingerprint density at radius 3 is 2.11 bits per heavy atom. The number of nitrogens with two attached hydrogens (primary N) is 1. The molecule has 0 spiro atoms. The highest BCUT2D eigenvalue weighted by molar-refractivity contribution is 6.32. The fourth-order valence-corrected chi connectivity index (χ4v) is 13.2. The molecule has 0 unspecified atom stereocenters. The number of ether oxygens (including phenoxy) is 6. The zero-order valence-corrected chi connectivity index (χ0v) is 52.3. The number of benzene rings is 5. The molecule has 4 aliphatic rings. The number of aryl methyl sites for hydroxylation is 1. The van der Waals surface area contributed by atoms with E-state index in [-0.39, 0.29) is 35.2 Å². The van der Waals surface area contributed by atoms with Crippen LogP contribution in [-0.4, -0.2) is 143 Å². The van der Waals surface area contributed by atoms with Gasteiger partial charge in [0.1, 0.15) is 36.0 Å². The molecule has 89 heavy (non-hydrogen) atoms. The molecule has 1 aliphatic carbocycles. The van der Waals surface area contributed by atoms with Crippen molar-refractivity contribution in [3.05, 3.63) is 160 Å². The van der Waals surface area contributed by atoms with E-state index in [4.69, 9.17) is 55.7 Å². The lowest BCUT2D eigenvalue weighted by atomic mass is 9.79. The molecule has 0 bridgehead atoms. The minimum absolute atomic E-state index is 0.0539. The fourth-order valence-electron chi connectivity index (χ4n) is 12.7. The second-order valence-corrected chi connectivity index (χ2v) is 24.6. The van der Waals surface area contributed by atoms with Gasteiger partial charge in [0, 0.05) is 52.7 Å². The summed E-state index contributed by atoms with van der Waals surface area (Å²) in [5.74, 6) is -0.337. The van der Waals surface area contributed by atoms with E-state index in [2.05, 4.69) is 41.2 Å². The maximum Gasteiger partial charge on any atom is 0.313 e. The molecular weight excluding hydrogens is 1150 g/mol. The van der Waals surface area contributed by atoms with Crippen molar-refractivity contribution in [2.24, 2.45) is 5.92 Å². The SMILES string of the molecule is Cc1nc([C@H](C)NC(=O)c2ccc(-c3ccc(N)cc3)cc2)cc(N2[C@H](C(=O)NCCOCCOCCOCCOCCOCCN3CCOc4ccc([C@@H]5[C@@H](C(=O)O)c6ccccc6C(=O)N5c5ccc(C(C)(C)C)c(Cl)c5)cc43)C[C@@H]3CCCC[C@@H]32)n1. The summed E-state index contributed by atoms with van der Waals surface area (Å²) < 4.78 is 35.0. The second kappa shape index (κ2) is 29.8. The monoisotopic (exact) mass is 1230 g/mol. The first-order valence-corrected chi connectivity index (χ1v) is 31.5. The molecule has 1 saturated carbocycles. The van der Waals surface area contributed by atoms with Gasteiger partial charge in [0.2, 0.25) is 5.91 Å². The van der Waals surface area contributed by atoms with E-state index < -0.39 is 24.0 Å². The van der Waals surface area contributed by atoms with E-state index in [0.717, 1.165) is 54.5 Å². The minimum Gasteiger partial charge on any atom is -0.490 e. The van der Waals surface area contributed by atoms with Crippen LogP contribution in [0.1, 0.15) is 127 Å². The normalized spacial score (nSPS) is 19.2. The van der Waals surface area contributed by atoms with E-state index in [9.17, 15) is 24.3 Å². The van der Waals surface area contributed by atoms with Crippen LogP contribution in [0.25, 0.3) is 11.1 Å². The highest BCUT2D eigenvalue weighted by Crippen LogP contribution is 2.48. The lowest BCUT2D eigenvalue weighted by molar-refractivity contribution is -0.139. The number of carbonyl (C=O) groups is 4. The Labute approximate surface area is 526 Å². The number of hydrogen-bond donors (Lipinski definition) is 4. The molecule has 20 heteroatoms. The standard InChI is InChI=1S/C69H83ClN8O11/c1-44(73-65(79)48-16-14-46(15-17-48)47-18-21-51(71)22-19-47)57-43-62(75-45(2)74-57)78-58-13-9-6-10-49(58)40-60(78)66(80)72-26-29-84-32-34-86-36-38-88-39-37-87-35-33-85-30-27-76-28-31-89-61-25-20-50(41-59(61)76)64-63(68(82)83)53-11-7-8-12-54(53)67(81)77(64)52-23-24-55(56(70)42-52)69(3,4)5/h7-8,11-12,14-25,41-44,49,58,60,63-64H,6,9-10,13,26-40,71H2,1-5H3,(H,72,80)(H,73,79)(H,82,83)/t44-,49-,58-,60-,63-,64+/m0/s1. The number of nitrogen functional groups attached to an aromatic ring is 1. The van der Waals surface area contributed by atoms with Crippen LogP contribution in [0.2, 0.25) is 5.02 Å². The van der Waals surface area contributed by atoms with Crippen LogP contribution in [0, 0.1) is 12.8 Å². The summed E-state index contributed by atoms with van der Waals surface area (Å²) in [6, 6.07) is 33.6. The van der Waals surface area contributed by atoms with E-state index in [1.54, 1.807) is 35.2 Å². The van der Waals surface area contributed by atoms with Gasteiger partial charge in [-0.1, -0.05) is 99.8 Å². The van der Waals surface area contributed by atoms with Gasteiger partial charge in [0.25, 0.3) is 11.8 Å². The smallest absolute Gasteiger partial charge is 0.313 e. The molecule has 3 aliphatic heterocycles. The summed E-state index contributed by atoms with van der Waals surface area (Å²) >= 11 is 6.87. The zero-order valence-electron chi connectivity index (χ0n) is 51.6. The quantitative estimate of drug-likeness (QED) is 0.0278. The fraction of sp³-hybridized carbons (Fsp3) is 0.449. The molecule has 10 rings (SSSR count). The predicted octanol–water partition coefficient (Wildman–Crippen LogP) is 10.3. The molecule has 4 heterocycles. The molecule has 0 radical (unpaired) electrons. The third-order valence-corrected chi connectivity index (χ3v) is 17.5. The number of nitrogens with one attached hydrogen (secondary N) is 2. The topological polar surface area (TPSA) is 229 Å². The largest absolute Gasteiger partial charge is 0.490 e. The molecule has 19 nitrogen and oxygen atoms in total. The molecule has 5 N–H and O–H groups in total. The van der Waals surface area contributed by atoms with Crippen LogP contribution < -0.4 is 35.8 Å². The average molecular weight is 1240 g/mol. The van der Waals surface area contributed by atoms with Crippen molar-refractivity contribution >= 4 is 58.2 Å². The van der Waals surface area contributed by atoms with Crippen molar-refractivity contribution in [1.29, 1.82) is 0 Å². The third kappa shape index (κ3) is 15.7. The van der Waals surface area contributed by atoms with Crippen molar-refractivity contribution in [3.8, 4) is 16.9 Å². The number of rotatable bonds is 27. The maximum atomic E-state index is 14.5. The third-order valence-electron chi connectivity index (χ3n) is 17.1. The van der Waals surface area contributed by atoms with Crippen LogP contribution in [0.3, 0.4) is 0 Å². The molecule has 5 aromatic carbocycles. The van der Waals surface area contributed by atoms with Crippen molar-refractivity contribution in [2.45, 2.75) is 102 Å². The Hall–Kier alpha value is -7.65. The zero-order chi connectivity index (χ0) is 62.6. The second-order valence-electron chi connectivity index (χ2n) is 24.2. The summed E-state index contributed by atoms with van der Waals surface area (Å²) in [5, 5.41) is 17.6. The molecule has 472 valence electrons. The highest BCUT2D eigenvalue weighted by Gasteiger charge is 2.47. The Balaban J connectivity index is 0.606. The Morgan fingerprint density at radius 1 is 0.787 bits per heavy atom. The molecule has 3 amide bonds. The number of aliphatic carboxylic acids is 1. The van der Waals surface area contributed by atoms with Gasteiger partial charge in [0.15, 0.2) is 0 Å². The molecule has 1 saturated heterocycles. The van der Waals surface area contributed by atoms with Crippen LogP contribution >= 0.6 is 11.6 Å². The summed E-state index contributed by atoms with van der Waals surface area (Å²) in [6.45, 7) is 15.8. The van der Waals surface area contributed by atoms with Crippen LogP contribution in [0.4, 0.5) is 22.9 Å². The van der Waals surface area contributed by atoms with Gasteiger partial charge >= 0.3 is 5.97 Å². The Morgan fingerprint density at radius 2 is 1.44 bits per heavy atom. The molecule has 6 aromatic rings. The Kier molecular flexibility index (Phi) is 21.5. The number of halogens is 1. The van der Waals surface area contributed by atoms with E-state index in [0.29, 0.717) is 160 Å². The number of fused-ring (bicyclic) bond motifs is 3. The van der Waals surface area contributed by atoms with Crippen molar-refractivity contribution in [1.82, 2.24) is 20.6 Å². The van der Waals surface area contributed by atoms with Gasteiger partial charge in [-0.15, -0.1) is 0 Å². The summed E-state index contributed by atoms with van der Waals surface area (Å²) in [7, 11) is 0. The molecule has 6 atom stereocenters. The van der Waals surface area contributed by atoms with Crippen LogP contribution in [-0.2, 0) is 38.7 Å². The first-order valence-electron chi connectivity index (χ1n) is 31.1. The number of carboxylic acids is 1. The first kappa shape index (κ1) is 64.3.